The molecule has 0 bridgehead atoms. The van der Waals surface area contributed by atoms with Gasteiger partial charge in [-0.1, -0.05) is 12.1 Å². The third kappa shape index (κ3) is 2.99. The number of ether oxygens (including phenoxy) is 2. The Morgan fingerprint density at radius 1 is 1.04 bits per heavy atom. The second-order valence-electron chi connectivity index (χ2n) is 5.64. The average Bonchev–Trinajstić information content (AvgIpc) is 3.37. The van der Waals surface area contributed by atoms with Gasteiger partial charge in [0.2, 0.25) is 5.91 Å². The maximum Gasteiger partial charge on any atom is 0.235 e. The van der Waals surface area contributed by atoms with Gasteiger partial charge in [0.1, 0.15) is 17.3 Å². The fourth-order valence-corrected chi connectivity index (χ4v) is 2.67. The second kappa shape index (κ2) is 5.91. The van der Waals surface area contributed by atoms with Crippen LogP contribution in [0.3, 0.4) is 0 Å². The first kappa shape index (κ1) is 15.3. The number of methoxy groups -OCH3 is 2. The van der Waals surface area contributed by atoms with Gasteiger partial charge in [0.15, 0.2) is 0 Å². The summed E-state index contributed by atoms with van der Waals surface area (Å²) in [6.45, 7) is 0. The monoisotopic (exact) mass is 315 g/mol. The van der Waals surface area contributed by atoms with E-state index in [0.29, 0.717) is 17.2 Å². The van der Waals surface area contributed by atoms with E-state index < -0.39 is 5.41 Å². The van der Waals surface area contributed by atoms with Crippen LogP contribution in [0.4, 0.5) is 10.1 Å². The standard InChI is InChI=1S/C18H18FNO3/c1-22-15-9-14(10-16(11-15)23-2)20-17(21)18(7-8-18)12-3-5-13(19)6-4-12/h3-6,9-11H,7-8H2,1-2H3,(H,20,21). The molecule has 23 heavy (non-hydrogen) atoms. The van der Waals surface area contributed by atoms with Gasteiger partial charge in [0.05, 0.1) is 19.6 Å². The number of amides is 1. The number of anilines is 1. The minimum Gasteiger partial charge on any atom is -0.497 e. The molecule has 0 atom stereocenters. The number of carbonyl (C=O) groups excluding carboxylic acids is 1. The molecule has 2 aromatic carbocycles. The first-order valence-corrected chi connectivity index (χ1v) is 7.38. The highest BCUT2D eigenvalue weighted by molar-refractivity contribution is 6.01. The number of rotatable bonds is 5. The van der Waals surface area contributed by atoms with Crippen molar-refractivity contribution >= 4 is 11.6 Å². The molecule has 5 heteroatoms. The molecule has 0 radical (unpaired) electrons. The molecule has 1 aliphatic rings. The Morgan fingerprint density at radius 2 is 1.61 bits per heavy atom. The van der Waals surface area contributed by atoms with Crippen LogP contribution in [0.5, 0.6) is 11.5 Å². The average molecular weight is 315 g/mol. The van der Waals surface area contributed by atoms with Gasteiger partial charge in [0, 0.05) is 23.9 Å². The molecule has 0 aromatic heterocycles. The fraction of sp³-hybridized carbons (Fsp3) is 0.278. The molecule has 0 saturated heterocycles. The van der Waals surface area contributed by atoms with Crippen LogP contribution in [-0.2, 0) is 10.2 Å². The topological polar surface area (TPSA) is 47.6 Å². The van der Waals surface area contributed by atoms with Crippen molar-refractivity contribution in [2.45, 2.75) is 18.3 Å². The van der Waals surface area contributed by atoms with Gasteiger partial charge in [-0.2, -0.15) is 0 Å². The van der Waals surface area contributed by atoms with E-state index in [0.717, 1.165) is 18.4 Å². The summed E-state index contributed by atoms with van der Waals surface area (Å²) in [5.41, 5.74) is 0.884. The zero-order valence-corrected chi connectivity index (χ0v) is 13.1. The highest BCUT2D eigenvalue weighted by Gasteiger charge is 2.51. The van der Waals surface area contributed by atoms with Crippen LogP contribution in [0.25, 0.3) is 0 Å². The Hall–Kier alpha value is -2.56. The number of nitrogens with one attached hydrogen (secondary N) is 1. The van der Waals surface area contributed by atoms with Crippen LogP contribution in [0.2, 0.25) is 0 Å². The smallest absolute Gasteiger partial charge is 0.235 e. The van der Waals surface area contributed by atoms with Crippen molar-refractivity contribution in [3.8, 4) is 11.5 Å². The minimum atomic E-state index is -0.565. The molecule has 0 unspecified atom stereocenters. The highest BCUT2D eigenvalue weighted by atomic mass is 19.1. The fourth-order valence-electron chi connectivity index (χ4n) is 2.67. The van der Waals surface area contributed by atoms with E-state index in [-0.39, 0.29) is 11.7 Å². The van der Waals surface area contributed by atoms with Crippen LogP contribution in [0, 0.1) is 5.82 Å². The lowest BCUT2D eigenvalue weighted by atomic mass is 9.95. The number of halogens is 1. The van der Waals surface area contributed by atoms with E-state index in [1.165, 1.54) is 12.1 Å². The third-order valence-corrected chi connectivity index (χ3v) is 4.19. The summed E-state index contributed by atoms with van der Waals surface area (Å²) in [6.07, 6.45) is 1.51. The summed E-state index contributed by atoms with van der Waals surface area (Å²) < 4.78 is 23.5. The van der Waals surface area contributed by atoms with Crippen molar-refractivity contribution in [2.24, 2.45) is 0 Å². The SMILES string of the molecule is COc1cc(NC(=O)C2(c3ccc(F)cc3)CC2)cc(OC)c1. The molecule has 1 amide bonds. The Balaban J connectivity index is 1.83. The maximum atomic E-state index is 13.1. The molecular weight excluding hydrogens is 297 g/mol. The lowest BCUT2D eigenvalue weighted by Crippen LogP contribution is -2.27. The van der Waals surface area contributed by atoms with Gasteiger partial charge in [-0.3, -0.25) is 4.79 Å². The molecule has 1 aliphatic carbocycles. The van der Waals surface area contributed by atoms with E-state index in [2.05, 4.69) is 5.32 Å². The molecule has 1 fully saturated rings. The maximum absolute atomic E-state index is 13.1. The zero-order chi connectivity index (χ0) is 16.4. The molecule has 1 N–H and O–H groups in total. The summed E-state index contributed by atoms with van der Waals surface area (Å²) in [6, 6.07) is 11.3. The Morgan fingerprint density at radius 3 is 2.09 bits per heavy atom. The number of carbonyl (C=O) groups is 1. The normalized spacial score (nSPS) is 14.9. The number of benzene rings is 2. The second-order valence-corrected chi connectivity index (χ2v) is 5.64. The van der Waals surface area contributed by atoms with E-state index in [1.807, 2.05) is 0 Å². The molecule has 0 heterocycles. The number of hydrogen-bond donors (Lipinski definition) is 1. The minimum absolute atomic E-state index is 0.0978. The Bertz CT molecular complexity index is 701. The van der Waals surface area contributed by atoms with Crippen molar-refractivity contribution in [2.75, 3.05) is 19.5 Å². The van der Waals surface area contributed by atoms with Crippen molar-refractivity contribution in [3.63, 3.8) is 0 Å². The molecular formula is C18H18FNO3. The van der Waals surface area contributed by atoms with Crippen LogP contribution in [0.15, 0.2) is 42.5 Å². The highest BCUT2D eigenvalue weighted by Crippen LogP contribution is 2.49. The van der Waals surface area contributed by atoms with Crippen molar-refractivity contribution in [3.05, 3.63) is 53.8 Å². The summed E-state index contributed by atoms with van der Waals surface area (Å²) in [5.74, 6) is 0.805. The van der Waals surface area contributed by atoms with E-state index in [9.17, 15) is 9.18 Å². The van der Waals surface area contributed by atoms with Gasteiger partial charge < -0.3 is 14.8 Å². The van der Waals surface area contributed by atoms with Gasteiger partial charge >= 0.3 is 0 Å². The van der Waals surface area contributed by atoms with Gasteiger partial charge in [-0.05, 0) is 30.5 Å². The summed E-state index contributed by atoms with van der Waals surface area (Å²) in [7, 11) is 3.11. The molecule has 2 aromatic rings. The quantitative estimate of drug-likeness (QED) is 0.918. The van der Waals surface area contributed by atoms with Crippen molar-refractivity contribution in [1.82, 2.24) is 0 Å². The van der Waals surface area contributed by atoms with Gasteiger partial charge in [-0.25, -0.2) is 4.39 Å². The predicted molar refractivity (Wildman–Crippen MR) is 85.5 cm³/mol. The number of hydrogen-bond acceptors (Lipinski definition) is 3. The molecule has 120 valence electrons. The van der Waals surface area contributed by atoms with Gasteiger partial charge in [0.25, 0.3) is 0 Å². The largest absolute Gasteiger partial charge is 0.497 e. The zero-order valence-electron chi connectivity index (χ0n) is 13.1. The van der Waals surface area contributed by atoms with Crippen molar-refractivity contribution < 1.29 is 18.7 Å². The third-order valence-electron chi connectivity index (χ3n) is 4.19. The molecule has 4 nitrogen and oxygen atoms in total. The summed E-state index contributed by atoms with van der Waals surface area (Å²) >= 11 is 0. The molecule has 0 aliphatic heterocycles. The molecule has 1 saturated carbocycles. The van der Waals surface area contributed by atoms with Gasteiger partial charge in [-0.15, -0.1) is 0 Å². The first-order valence-electron chi connectivity index (χ1n) is 7.38. The van der Waals surface area contributed by atoms with Crippen LogP contribution in [-0.4, -0.2) is 20.1 Å². The van der Waals surface area contributed by atoms with E-state index in [4.69, 9.17) is 9.47 Å². The van der Waals surface area contributed by atoms with Crippen LogP contribution in [0.1, 0.15) is 18.4 Å². The molecule has 3 rings (SSSR count). The Kier molecular flexibility index (Phi) is 3.94. The van der Waals surface area contributed by atoms with Crippen LogP contribution < -0.4 is 14.8 Å². The molecule has 0 spiro atoms. The summed E-state index contributed by atoms with van der Waals surface area (Å²) in [5, 5.41) is 2.91. The summed E-state index contributed by atoms with van der Waals surface area (Å²) in [4.78, 5) is 12.7. The Labute approximate surface area is 134 Å². The van der Waals surface area contributed by atoms with E-state index in [1.54, 1.807) is 44.6 Å². The van der Waals surface area contributed by atoms with E-state index >= 15 is 0 Å². The van der Waals surface area contributed by atoms with Crippen LogP contribution >= 0.6 is 0 Å². The van der Waals surface area contributed by atoms with Crippen molar-refractivity contribution in [1.29, 1.82) is 0 Å². The lowest BCUT2D eigenvalue weighted by molar-refractivity contribution is -0.118. The predicted octanol–water partition coefficient (Wildman–Crippen LogP) is 3.51. The lowest BCUT2D eigenvalue weighted by Gasteiger charge is -2.17. The first-order chi connectivity index (χ1) is 11.1.